The number of benzene rings is 3. The molecule has 30 heavy (non-hydrogen) atoms. The van der Waals surface area contributed by atoms with Crippen LogP contribution in [0.15, 0.2) is 60.7 Å². The van der Waals surface area contributed by atoms with Gasteiger partial charge in [0.2, 0.25) is 0 Å². The molecule has 0 aliphatic heterocycles. The minimum atomic E-state index is -0.299. The number of ether oxygens (including phenoxy) is 1. The molecular weight excluding hydrogens is 422 g/mol. The van der Waals surface area contributed by atoms with E-state index in [4.69, 9.17) is 21.3 Å². The van der Waals surface area contributed by atoms with Crippen LogP contribution in [0.3, 0.4) is 0 Å². The van der Waals surface area contributed by atoms with Gasteiger partial charge in [-0.3, -0.25) is 0 Å². The summed E-state index contributed by atoms with van der Waals surface area (Å²) in [5, 5.41) is 0.469. The topological polar surface area (TPSA) is 37.9 Å². The fraction of sp³-hybridized carbons (Fsp3) is 0.208. The lowest BCUT2D eigenvalue weighted by Crippen LogP contribution is -2.10. The summed E-state index contributed by atoms with van der Waals surface area (Å²) in [6.07, 6.45) is 0. The van der Waals surface area contributed by atoms with Gasteiger partial charge >= 0.3 is 0 Å². The Morgan fingerprint density at radius 1 is 1.03 bits per heavy atom. The predicted octanol–water partition coefficient (Wildman–Crippen LogP) is 7.32. The number of nitrogens with one attached hydrogen (secondary N) is 1. The van der Waals surface area contributed by atoms with Crippen molar-refractivity contribution < 1.29 is 9.13 Å². The maximum atomic E-state index is 13.8. The molecule has 0 saturated heterocycles. The third-order valence-electron chi connectivity index (χ3n) is 4.89. The van der Waals surface area contributed by atoms with Crippen LogP contribution in [0.5, 0.6) is 5.75 Å². The molecule has 0 amide bonds. The fourth-order valence-electron chi connectivity index (χ4n) is 3.15. The maximum absolute atomic E-state index is 13.8. The van der Waals surface area contributed by atoms with Gasteiger partial charge in [-0.05, 0) is 47.4 Å². The van der Waals surface area contributed by atoms with Crippen LogP contribution in [0.1, 0.15) is 31.9 Å². The Morgan fingerprint density at radius 3 is 2.53 bits per heavy atom. The van der Waals surface area contributed by atoms with Crippen molar-refractivity contribution in [2.24, 2.45) is 0 Å². The number of aromatic amines is 1. The molecule has 6 heteroatoms. The summed E-state index contributed by atoms with van der Waals surface area (Å²) in [7, 11) is 0. The van der Waals surface area contributed by atoms with E-state index in [0.717, 1.165) is 22.4 Å². The Morgan fingerprint density at radius 2 is 1.80 bits per heavy atom. The molecule has 1 heterocycles. The standard InChI is InChI=1S/C24H22ClFN2O.ClH/c1-24(2,3)17-9-11-20-21(13-17)28-23(27-20)15-8-10-18(25)22(12-15)29-14-16-6-4-5-7-19(16)26;/h4-13H,14H2,1-3H3,(H,27,28);1H. The van der Waals surface area contributed by atoms with Crippen molar-refractivity contribution in [3.8, 4) is 17.1 Å². The summed E-state index contributed by atoms with van der Waals surface area (Å²) in [5.74, 6) is 0.924. The zero-order valence-electron chi connectivity index (χ0n) is 17.0. The summed E-state index contributed by atoms with van der Waals surface area (Å²) in [4.78, 5) is 8.08. The summed E-state index contributed by atoms with van der Waals surface area (Å²) in [6.45, 7) is 6.66. The lowest BCUT2D eigenvalue weighted by molar-refractivity contribution is 0.300. The lowest BCUT2D eigenvalue weighted by atomic mass is 9.87. The van der Waals surface area contributed by atoms with Gasteiger partial charge in [-0.25, -0.2) is 9.37 Å². The molecule has 0 atom stereocenters. The van der Waals surface area contributed by atoms with Crippen molar-refractivity contribution in [2.45, 2.75) is 32.8 Å². The quantitative estimate of drug-likeness (QED) is 0.357. The first kappa shape index (κ1) is 22.1. The smallest absolute Gasteiger partial charge is 0.139 e. The molecule has 0 radical (unpaired) electrons. The molecule has 3 aromatic carbocycles. The van der Waals surface area contributed by atoms with Crippen LogP contribution in [-0.2, 0) is 12.0 Å². The second kappa shape index (κ2) is 8.66. The normalized spacial score (nSPS) is 11.4. The van der Waals surface area contributed by atoms with Crippen molar-refractivity contribution in [1.29, 1.82) is 0 Å². The van der Waals surface area contributed by atoms with Crippen LogP contribution in [0, 0.1) is 5.82 Å². The average Bonchev–Trinajstić information content (AvgIpc) is 3.11. The summed E-state index contributed by atoms with van der Waals surface area (Å²) < 4.78 is 19.6. The molecule has 1 N–H and O–H groups in total. The fourth-order valence-corrected chi connectivity index (χ4v) is 3.32. The van der Waals surface area contributed by atoms with Crippen LogP contribution in [-0.4, -0.2) is 9.97 Å². The van der Waals surface area contributed by atoms with Gasteiger partial charge in [0.15, 0.2) is 0 Å². The number of fused-ring (bicyclic) bond motifs is 1. The largest absolute Gasteiger partial charge is 0.487 e. The zero-order valence-corrected chi connectivity index (χ0v) is 18.6. The zero-order chi connectivity index (χ0) is 20.6. The number of rotatable bonds is 4. The number of hydrogen-bond acceptors (Lipinski definition) is 2. The first-order chi connectivity index (χ1) is 13.8. The number of aromatic nitrogens is 2. The summed E-state index contributed by atoms with van der Waals surface area (Å²) in [6, 6.07) is 18.3. The van der Waals surface area contributed by atoms with Gasteiger partial charge in [-0.1, -0.05) is 56.6 Å². The van der Waals surface area contributed by atoms with Crippen LogP contribution >= 0.6 is 24.0 Å². The van der Waals surface area contributed by atoms with Crippen molar-refractivity contribution in [2.75, 3.05) is 0 Å². The molecule has 0 spiro atoms. The Hall–Kier alpha value is -2.56. The highest BCUT2D eigenvalue weighted by atomic mass is 35.5. The second-order valence-electron chi connectivity index (χ2n) is 8.09. The molecule has 0 bridgehead atoms. The average molecular weight is 445 g/mol. The number of H-pyrrole nitrogens is 1. The van der Waals surface area contributed by atoms with E-state index in [1.165, 1.54) is 11.6 Å². The molecule has 1 aromatic heterocycles. The van der Waals surface area contributed by atoms with Crippen molar-refractivity contribution >= 4 is 35.0 Å². The van der Waals surface area contributed by atoms with Gasteiger partial charge in [0.25, 0.3) is 0 Å². The van der Waals surface area contributed by atoms with Crippen LogP contribution in [0.2, 0.25) is 5.02 Å². The van der Waals surface area contributed by atoms with E-state index in [9.17, 15) is 4.39 Å². The first-order valence-electron chi connectivity index (χ1n) is 9.47. The van der Waals surface area contributed by atoms with E-state index >= 15 is 0 Å². The highest BCUT2D eigenvalue weighted by Crippen LogP contribution is 2.32. The van der Waals surface area contributed by atoms with Gasteiger partial charge in [-0.2, -0.15) is 0 Å². The van der Waals surface area contributed by atoms with Crippen molar-refractivity contribution in [1.82, 2.24) is 9.97 Å². The SMILES string of the molecule is CC(C)(C)c1ccc2nc(-c3ccc(Cl)c(OCc4ccccc4F)c3)[nH]c2c1.Cl. The molecule has 4 rings (SSSR count). The molecule has 0 unspecified atom stereocenters. The van der Waals surface area contributed by atoms with Gasteiger partial charge in [0, 0.05) is 11.1 Å². The van der Waals surface area contributed by atoms with E-state index in [0.29, 0.717) is 16.3 Å². The van der Waals surface area contributed by atoms with Crippen LogP contribution in [0.4, 0.5) is 4.39 Å². The highest BCUT2D eigenvalue weighted by molar-refractivity contribution is 6.32. The van der Waals surface area contributed by atoms with E-state index in [1.807, 2.05) is 18.2 Å². The summed E-state index contributed by atoms with van der Waals surface area (Å²) in [5.41, 5.74) is 4.52. The molecular formula is C24H23Cl2FN2O. The van der Waals surface area contributed by atoms with Crippen LogP contribution < -0.4 is 4.74 Å². The summed E-state index contributed by atoms with van der Waals surface area (Å²) >= 11 is 6.29. The van der Waals surface area contributed by atoms with Crippen LogP contribution in [0.25, 0.3) is 22.4 Å². The number of halogens is 3. The third kappa shape index (κ3) is 4.61. The van der Waals surface area contributed by atoms with Gasteiger partial charge < -0.3 is 9.72 Å². The van der Waals surface area contributed by atoms with E-state index in [1.54, 1.807) is 24.3 Å². The van der Waals surface area contributed by atoms with Crippen molar-refractivity contribution in [3.63, 3.8) is 0 Å². The minimum Gasteiger partial charge on any atom is -0.487 e. The van der Waals surface area contributed by atoms with Gasteiger partial charge in [0.05, 0.1) is 16.1 Å². The Labute approximate surface area is 186 Å². The Balaban J connectivity index is 0.00000256. The van der Waals surface area contributed by atoms with E-state index in [2.05, 4.69) is 37.9 Å². The predicted molar refractivity (Wildman–Crippen MR) is 123 cm³/mol. The maximum Gasteiger partial charge on any atom is 0.139 e. The highest BCUT2D eigenvalue weighted by Gasteiger charge is 2.16. The molecule has 0 saturated carbocycles. The lowest BCUT2D eigenvalue weighted by Gasteiger charge is -2.18. The molecule has 0 fully saturated rings. The van der Waals surface area contributed by atoms with Crippen molar-refractivity contribution in [3.05, 3.63) is 82.6 Å². The Kier molecular flexibility index (Phi) is 6.39. The second-order valence-corrected chi connectivity index (χ2v) is 8.50. The molecule has 0 aliphatic carbocycles. The molecule has 4 aromatic rings. The van der Waals surface area contributed by atoms with Gasteiger partial charge in [-0.15, -0.1) is 12.4 Å². The van der Waals surface area contributed by atoms with E-state index in [-0.39, 0.29) is 30.2 Å². The number of nitrogens with zero attached hydrogens (tertiary/aromatic N) is 1. The Bertz CT molecular complexity index is 1180. The molecule has 156 valence electrons. The number of hydrogen-bond donors (Lipinski definition) is 1. The van der Waals surface area contributed by atoms with Gasteiger partial charge in [0.1, 0.15) is 24.0 Å². The monoisotopic (exact) mass is 444 g/mol. The molecule has 3 nitrogen and oxygen atoms in total. The first-order valence-corrected chi connectivity index (χ1v) is 9.85. The minimum absolute atomic E-state index is 0. The number of imidazole rings is 1. The third-order valence-corrected chi connectivity index (χ3v) is 5.21. The molecule has 0 aliphatic rings. The van der Waals surface area contributed by atoms with E-state index < -0.39 is 0 Å².